The smallest absolute Gasteiger partial charge is 0.325 e. The van der Waals surface area contributed by atoms with Crippen molar-refractivity contribution >= 4 is 23.5 Å². The van der Waals surface area contributed by atoms with E-state index in [2.05, 4.69) is 0 Å². The van der Waals surface area contributed by atoms with Crippen LogP contribution in [0, 0.1) is 0 Å². The van der Waals surface area contributed by atoms with Gasteiger partial charge in [0.05, 0.1) is 0 Å². The fourth-order valence-corrected chi connectivity index (χ4v) is 2.88. The van der Waals surface area contributed by atoms with Crippen molar-refractivity contribution in [2.75, 3.05) is 0 Å². The summed E-state index contributed by atoms with van der Waals surface area (Å²) in [5.74, 6) is -2.56. The third-order valence-electron chi connectivity index (χ3n) is 4.10. The highest BCUT2D eigenvalue weighted by Gasteiger charge is 2.32. The Morgan fingerprint density at radius 2 is 1.21 bits per heavy atom. The lowest BCUT2D eigenvalue weighted by Crippen LogP contribution is -2.26. The summed E-state index contributed by atoms with van der Waals surface area (Å²) in [6, 6.07) is 25.1. The second-order valence-corrected chi connectivity index (χ2v) is 6.61. The molecular formula is C23H19ClO4. The molecule has 0 heterocycles. The van der Waals surface area contributed by atoms with Gasteiger partial charge in [0.15, 0.2) is 5.92 Å². The predicted octanol–water partition coefficient (Wildman–Crippen LogP) is 4.91. The number of hydrogen-bond acceptors (Lipinski definition) is 4. The zero-order chi connectivity index (χ0) is 19.8. The van der Waals surface area contributed by atoms with E-state index in [4.69, 9.17) is 21.1 Å². The minimum atomic E-state index is -1.20. The molecule has 0 fully saturated rings. The minimum absolute atomic E-state index is 0.0721. The summed E-state index contributed by atoms with van der Waals surface area (Å²) < 4.78 is 10.7. The molecule has 28 heavy (non-hydrogen) atoms. The Bertz CT molecular complexity index is 870. The molecular weight excluding hydrogens is 376 g/mol. The molecule has 0 N–H and O–H groups in total. The molecule has 0 aromatic heterocycles. The third-order valence-corrected chi connectivity index (χ3v) is 4.34. The molecule has 0 aliphatic carbocycles. The molecule has 0 aliphatic rings. The van der Waals surface area contributed by atoms with Crippen molar-refractivity contribution in [3.05, 3.63) is 107 Å². The summed E-state index contributed by atoms with van der Waals surface area (Å²) in [6.07, 6.45) is 0. The van der Waals surface area contributed by atoms with Gasteiger partial charge < -0.3 is 9.47 Å². The number of hydrogen-bond donors (Lipinski definition) is 0. The number of ether oxygens (including phenoxy) is 2. The molecule has 0 saturated carbocycles. The summed E-state index contributed by atoms with van der Waals surface area (Å²) in [7, 11) is 0. The van der Waals surface area contributed by atoms with Gasteiger partial charge in [-0.3, -0.25) is 9.59 Å². The molecule has 5 heteroatoms. The van der Waals surface area contributed by atoms with E-state index < -0.39 is 17.9 Å². The Morgan fingerprint density at radius 1 is 0.714 bits per heavy atom. The average molecular weight is 395 g/mol. The van der Waals surface area contributed by atoms with E-state index >= 15 is 0 Å². The Morgan fingerprint density at radius 3 is 1.68 bits per heavy atom. The van der Waals surface area contributed by atoms with Crippen molar-refractivity contribution in [2.45, 2.75) is 19.1 Å². The maximum atomic E-state index is 12.7. The number of benzene rings is 3. The number of rotatable bonds is 7. The van der Waals surface area contributed by atoms with Gasteiger partial charge >= 0.3 is 11.9 Å². The first-order valence-corrected chi connectivity index (χ1v) is 9.18. The maximum absolute atomic E-state index is 12.7. The van der Waals surface area contributed by atoms with E-state index in [1.165, 1.54) is 0 Å². The molecule has 3 rings (SSSR count). The quantitative estimate of drug-likeness (QED) is 0.422. The standard InChI is InChI=1S/C23H19ClO4/c24-20-13-7-12-19(14-20)21(22(25)27-15-17-8-3-1-4-9-17)23(26)28-16-18-10-5-2-6-11-18/h1-14,21H,15-16H2. The monoisotopic (exact) mass is 394 g/mol. The Kier molecular flexibility index (Phi) is 6.82. The zero-order valence-corrected chi connectivity index (χ0v) is 15.8. The molecule has 3 aromatic rings. The van der Waals surface area contributed by atoms with Crippen LogP contribution in [0.1, 0.15) is 22.6 Å². The fourth-order valence-electron chi connectivity index (χ4n) is 2.68. The third kappa shape index (κ3) is 5.44. The van der Waals surface area contributed by atoms with Gasteiger partial charge in [0.25, 0.3) is 0 Å². The normalized spacial score (nSPS) is 10.5. The van der Waals surface area contributed by atoms with Gasteiger partial charge in [0.2, 0.25) is 0 Å². The highest BCUT2D eigenvalue weighted by Crippen LogP contribution is 2.24. The van der Waals surface area contributed by atoms with Gasteiger partial charge in [0.1, 0.15) is 13.2 Å². The molecule has 0 bridgehead atoms. The van der Waals surface area contributed by atoms with Crippen LogP contribution in [-0.2, 0) is 32.3 Å². The summed E-state index contributed by atoms with van der Waals surface area (Å²) in [6.45, 7) is 0.144. The lowest BCUT2D eigenvalue weighted by atomic mass is 9.99. The molecule has 0 spiro atoms. The topological polar surface area (TPSA) is 52.6 Å². The van der Waals surface area contributed by atoms with Crippen LogP contribution >= 0.6 is 11.6 Å². The summed E-state index contributed by atoms with van der Waals surface area (Å²) in [5, 5.41) is 0.425. The number of carbonyl (C=O) groups excluding carboxylic acids is 2. The van der Waals surface area contributed by atoms with E-state index in [9.17, 15) is 9.59 Å². The van der Waals surface area contributed by atoms with Crippen molar-refractivity contribution < 1.29 is 19.1 Å². The molecule has 0 atom stereocenters. The first-order chi connectivity index (χ1) is 13.6. The number of esters is 2. The van der Waals surface area contributed by atoms with Crippen LogP contribution in [-0.4, -0.2) is 11.9 Å². The van der Waals surface area contributed by atoms with Crippen molar-refractivity contribution in [1.29, 1.82) is 0 Å². The number of carbonyl (C=O) groups is 2. The average Bonchev–Trinajstić information content (AvgIpc) is 2.72. The van der Waals surface area contributed by atoms with E-state index in [1.54, 1.807) is 24.3 Å². The highest BCUT2D eigenvalue weighted by atomic mass is 35.5. The molecule has 0 aliphatic heterocycles. The van der Waals surface area contributed by atoms with Gasteiger partial charge in [-0.25, -0.2) is 0 Å². The van der Waals surface area contributed by atoms with Crippen LogP contribution in [0.5, 0.6) is 0 Å². The van der Waals surface area contributed by atoms with Crippen molar-refractivity contribution in [1.82, 2.24) is 0 Å². The van der Waals surface area contributed by atoms with Crippen LogP contribution in [0.2, 0.25) is 5.02 Å². The van der Waals surface area contributed by atoms with Crippen LogP contribution in [0.25, 0.3) is 0 Å². The zero-order valence-electron chi connectivity index (χ0n) is 15.1. The van der Waals surface area contributed by atoms with Crippen molar-refractivity contribution in [2.24, 2.45) is 0 Å². The summed E-state index contributed by atoms with van der Waals surface area (Å²) in [5.41, 5.74) is 2.10. The number of halogens is 1. The highest BCUT2D eigenvalue weighted by molar-refractivity contribution is 6.30. The van der Waals surface area contributed by atoms with Gasteiger partial charge in [0, 0.05) is 5.02 Å². The fraction of sp³-hybridized carbons (Fsp3) is 0.130. The Balaban J connectivity index is 1.74. The summed E-state index contributed by atoms with van der Waals surface area (Å²) in [4.78, 5) is 25.4. The first-order valence-electron chi connectivity index (χ1n) is 8.80. The van der Waals surface area contributed by atoms with E-state index in [0.29, 0.717) is 10.6 Å². The Hall–Kier alpha value is -3.11. The van der Waals surface area contributed by atoms with E-state index in [1.807, 2.05) is 60.7 Å². The van der Waals surface area contributed by atoms with Crippen molar-refractivity contribution in [3.63, 3.8) is 0 Å². The molecule has 0 radical (unpaired) electrons. The van der Waals surface area contributed by atoms with Crippen LogP contribution in [0.3, 0.4) is 0 Å². The molecule has 0 saturated heterocycles. The van der Waals surface area contributed by atoms with Gasteiger partial charge in [-0.2, -0.15) is 0 Å². The minimum Gasteiger partial charge on any atom is -0.460 e. The van der Waals surface area contributed by atoms with Crippen molar-refractivity contribution in [3.8, 4) is 0 Å². The summed E-state index contributed by atoms with van der Waals surface area (Å²) >= 11 is 6.04. The van der Waals surface area contributed by atoms with Crippen LogP contribution in [0.4, 0.5) is 0 Å². The molecule has 0 unspecified atom stereocenters. The molecule has 4 nitrogen and oxygen atoms in total. The molecule has 3 aromatic carbocycles. The van der Waals surface area contributed by atoms with Crippen LogP contribution < -0.4 is 0 Å². The molecule has 142 valence electrons. The van der Waals surface area contributed by atoms with Gasteiger partial charge in [-0.1, -0.05) is 84.4 Å². The second-order valence-electron chi connectivity index (χ2n) is 6.17. The SMILES string of the molecule is O=C(OCc1ccccc1)C(C(=O)OCc1ccccc1)c1cccc(Cl)c1. The predicted molar refractivity (Wildman–Crippen MR) is 107 cm³/mol. The second kappa shape index (κ2) is 9.72. The van der Waals surface area contributed by atoms with Gasteiger partial charge in [-0.05, 0) is 28.8 Å². The lowest BCUT2D eigenvalue weighted by molar-refractivity contribution is -0.159. The lowest BCUT2D eigenvalue weighted by Gasteiger charge is -2.16. The van der Waals surface area contributed by atoms with Crippen LogP contribution in [0.15, 0.2) is 84.9 Å². The largest absolute Gasteiger partial charge is 0.460 e. The Labute approximate surface area is 168 Å². The van der Waals surface area contributed by atoms with Gasteiger partial charge in [-0.15, -0.1) is 0 Å². The molecule has 0 amide bonds. The first kappa shape index (κ1) is 19.6. The van der Waals surface area contributed by atoms with E-state index in [-0.39, 0.29) is 13.2 Å². The maximum Gasteiger partial charge on any atom is 0.325 e. The van der Waals surface area contributed by atoms with E-state index in [0.717, 1.165) is 11.1 Å².